The third kappa shape index (κ3) is 4.68. The summed E-state index contributed by atoms with van der Waals surface area (Å²) in [4.78, 5) is 5.11. The molecule has 3 nitrogen and oxygen atoms in total. The number of nitrogens with zero attached hydrogens (tertiary/aromatic N) is 2. The predicted octanol–water partition coefficient (Wildman–Crippen LogP) is 3.15. The van der Waals surface area contributed by atoms with E-state index >= 15 is 0 Å². The molecule has 0 aromatic heterocycles. The van der Waals surface area contributed by atoms with Gasteiger partial charge in [0.05, 0.1) is 0 Å². The van der Waals surface area contributed by atoms with Gasteiger partial charge in [0.1, 0.15) is 0 Å². The molecular formula is C17H28ClN3. The van der Waals surface area contributed by atoms with Crippen LogP contribution in [0.2, 0.25) is 5.02 Å². The zero-order valence-electron chi connectivity index (χ0n) is 13.3. The molecule has 1 aliphatic rings. The lowest BCUT2D eigenvalue weighted by Gasteiger charge is -2.38. The summed E-state index contributed by atoms with van der Waals surface area (Å²) in [6, 6.07) is 8.65. The van der Waals surface area contributed by atoms with Crippen molar-refractivity contribution in [1.29, 1.82) is 0 Å². The van der Waals surface area contributed by atoms with E-state index in [9.17, 15) is 0 Å². The van der Waals surface area contributed by atoms with Crippen molar-refractivity contribution in [3.8, 4) is 0 Å². The van der Waals surface area contributed by atoms with Gasteiger partial charge in [-0.2, -0.15) is 0 Å². The second-order valence-corrected chi connectivity index (χ2v) is 6.46. The van der Waals surface area contributed by atoms with Gasteiger partial charge in [0, 0.05) is 49.8 Å². The van der Waals surface area contributed by atoms with Crippen LogP contribution in [0.5, 0.6) is 0 Å². The summed E-state index contributed by atoms with van der Waals surface area (Å²) in [5, 5.41) is 0.784. The van der Waals surface area contributed by atoms with Crippen LogP contribution in [0.3, 0.4) is 0 Å². The molecule has 0 radical (unpaired) electrons. The van der Waals surface area contributed by atoms with Gasteiger partial charge in [-0.15, -0.1) is 0 Å². The van der Waals surface area contributed by atoms with Crippen LogP contribution in [0.15, 0.2) is 24.3 Å². The highest BCUT2D eigenvalue weighted by molar-refractivity contribution is 6.31. The Bertz CT molecular complexity index is 430. The standard InChI is InChI=1S/C17H28ClN3/c1-3-14(2)21-12-10-20(11-13-21)9-8-17(19)15-6-4-5-7-16(15)18/h4-7,14,17H,3,8-13,19H2,1-2H3. The Morgan fingerprint density at radius 1 is 1.19 bits per heavy atom. The summed E-state index contributed by atoms with van der Waals surface area (Å²) in [7, 11) is 0. The van der Waals surface area contributed by atoms with Crippen LogP contribution < -0.4 is 5.73 Å². The first-order valence-corrected chi connectivity index (χ1v) is 8.46. The molecule has 4 heteroatoms. The highest BCUT2D eigenvalue weighted by atomic mass is 35.5. The van der Waals surface area contributed by atoms with E-state index in [0.29, 0.717) is 6.04 Å². The summed E-state index contributed by atoms with van der Waals surface area (Å²) in [6.07, 6.45) is 2.20. The number of nitrogens with two attached hydrogens (primary N) is 1. The maximum Gasteiger partial charge on any atom is 0.0453 e. The minimum atomic E-state index is 0.0336. The van der Waals surface area contributed by atoms with Gasteiger partial charge in [0.25, 0.3) is 0 Å². The van der Waals surface area contributed by atoms with E-state index in [2.05, 4.69) is 23.6 Å². The zero-order valence-corrected chi connectivity index (χ0v) is 14.0. The molecule has 1 aliphatic heterocycles. The average molecular weight is 310 g/mol. The van der Waals surface area contributed by atoms with Crippen LogP contribution in [0.4, 0.5) is 0 Å². The van der Waals surface area contributed by atoms with Gasteiger partial charge in [-0.25, -0.2) is 0 Å². The minimum Gasteiger partial charge on any atom is -0.324 e. The number of hydrogen-bond acceptors (Lipinski definition) is 3. The van der Waals surface area contributed by atoms with E-state index in [1.54, 1.807) is 0 Å². The molecule has 0 saturated carbocycles. The van der Waals surface area contributed by atoms with Gasteiger partial charge in [0.15, 0.2) is 0 Å². The normalized spacial score (nSPS) is 20.4. The van der Waals surface area contributed by atoms with Crippen LogP contribution >= 0.6 is 11.6 Å². The predicted molar refractivity (Wildman–Crippen MR) is 90.8 cm³/mol. The summed E-state index contributed by atoms with van der Waals surface area (Å²) >= 11 is 6.21. The SMILES string of the molecule is CCC(C)N1CCN(CCC(N)c2ccccc2Cl)CC1. The Labute approximate surface area is 134 Å². The molecule has 21 heavy (non-hydrogen) atoms. The van der Waals surface area contributed by atoms with Crippen LogP contribution in [0.1, 0.15) is 38.3 Å². The van der Waals surface area contributed by atoms with E-state index in [1.807, 2.05) is 24.3 Å². The second-order valence-electron chi connectivity index (χ2n) is 6.05. The molecule has 118 valence electrons. The van der Waals surface area contributed by atoms with E-state index < -0.39 is 0 Å². The minimum absolute atomic E-state index is 0.0336. The van der Waals surface area contributed by atoms with Crippen molar-refractivity contribution < 1.29 is 0 Å². The number of rotatable bonds is 6. The summed E-state index contributed by atoms with van der Waals surface area (Å²) < 4.78 is 0. The van der Waals surface area contributed by atoms with Crippen molar-refractivity contribution in [2.24, 2.45) is 5.73 Å². The van der Waals surface area contributed by atoms with Gasteiger partial charge < -0.3 is 10.6 Å². The molecule has 1 heterocycles. The molecule has 0 bridgehead atoms. The summed E-state index contributed by atoms with van der Waals surface area (Å²) in [6.45, 7) is 10.3. The van der Waals surface area contributed by atoms with Crippen molar-refractivity contribution in [3.63, 3.8) is 0 Å². The van der Waals surface area contributed by atoms with Crippen molar-refractivity contribution in [1.82, 2.24) is 9.80 Å². The fourth-order valence-corrected chi connectivity index (χ4v) is 3.21. The highest BCUT2D eigenvalue weighted by Gasteiger charge is 2.20. The third-order valence-corrected chi connectivity index (χ3v) is 5.03. The lowest BCUT2D eigenvalue weighted by Crippen LogP contribution is -2.49. The molecule has 1 fully saturated rings. The van der Waals surface area contributed by atoms with Gasteiger partial charge >= 0.3 is 0 Å². The summed E-state index contributed by atoms with van der Waals surface area (Å²) in [5.41, 5.74) is 7.36. The van der Waals surface area contributed by atoms with Crippen LogP contribution in [0.25, 0.3) is 0 Å². The molecule has 1 aromatic carbocycles. The molecule has 2 unspecified atom stereocenters. The number of halogens is 1. The number of hydrogen-bond donors (Lipinski definition) is 1. The molecular weight excluding hydrogens is 282 g/mol. The molecule has 0 amide bonds. The fraction of sp³-hybridized carbons (Fsp3) is 0.647. The first kappa shape index (κ1) is 16.8. The van der Waals surface area contributed by atoms with E-state index in [4.69, 9.17) is 17.3 Å². The molecule has 0 spiro atoms. The first-order valence-electron chi connectivity index (χ1n) is 8.08. The number of benzene rings is 1. The molecule has 2 N–H and O–H groups in total. The van der Waals surface area contributed by atoms with Crippen LogP contribution in [-0.2, 0) is 0 Å². The highest BCUT2D eigenvalue weighted by Crippen LogP contribution is 2.23. The summed E-state index contributed by atoms with van der Waals surface area (Å²) in [5.74, 6) is 0. The fourth-order valence-electron chi connectivity index (χ4n) is 2.94. The maximum absolute atomic E-state index is 6.29. The van der Waals surface area contributed by atoms with Gasteiger partial charge in [-0.1, -0.05) is 36.7 Å². The Kier molecular flexibility index (Phi) is 6.49. The van der Waals surface area contributed by atoms with Crippen molar-refractivity contribution in [3.05, 3.63) is 34.9 Å². The first-order chi connectivity index (χ1) is 10.1. The molecule has 2 rings (SSSR count). The largest absolute Gasteiger partial charge is 0.324 e. The Balaban J connectivity index is 1.76. The second kappa shape index (κ2) is 8.14. The number of piperazine rings is 1. The molecule has 1 saturated heterocycles. The van der Waals surface area contributed by atoms with Crippen molar-refractivity contribution >= 4 is 11.6 Å². The Morgan fingerprint density at radius 2 is 1.86 bits per heavy atom. The smallest absolute Gasteiger partial charge is 0.0453 e. The zero-order chi connectivity index (χ0) is 15.2. The van der Waals surface area contributed by atoms with E-state index in [0.717, 1.165) is 36.6 Å². The van der Waals surface area contributed by atoms with Gasteiger partial charge in [0.2, 0.25) is 0 Å². The van der Waals surface area contributed by atoms with Crippen LogP contribution in [0, 0.1) is 0 Å². The lowest BCUT2D eigenvalue weighted by molar-refractivity contribution is 0.0987. The maximum atomic E-state index is 6.29. The van der Waals surface area contributed by atoms with E-state index in [-0.39, 0.29) is 6.04 Å². The quantitative estimate of drug-likeness (QED) is 0.876. The van der Waals surface area contributed by atoms with Crippen LogP contribution in [-0.4, -0.2) is 48.6 Å². The van der Waals surface area contributed by atoms with Gasteiger partial charge in [-0.3, -0.25) is 4.90 Å². The monoisotopic (exact) mass is 309 g/mol. The van der Waals surface area contributed by atoms with E-state index in [1.165, 1.54) is 19.5 Å². The Morgan fingerprint density at radius 3 is 2.48 bits per heavy atom. The van der Waals surface area contributed by atoms with Gasteiger partial charge in [-0.05, 0) is 31.4 Å². The average Bonchev–Trinajstić information content (AvgIpc) is 2.52. The topological polar surface area (TPSA) is 32.5 Å². The Hall–Kier alpha value is -0.610. The molecule has 1 aromatic rings. The van der Waals surface area contributed by atoms with Crippen molar-refractivity contribution in [2.75, 3.05) is 32.7 Å². The molecule has 2 atom stereocenters. The molecule has 0 aliphatic carbocycles. The third-order valence-electron chi connectivity index (χ3n) is 4.68. The van der Waals surface area contributed by atoms with Crippen molar-refractivity contribution in [2.45, 2.75) is 38.8 Å². The lowest BCUT2D eigenvalue weighted by atomic mass is 10.0.